The van der Waals surface area contributed by atoms with Crippen molar-refractivity contribution in [2.75, 3.05) is 11.1 Å². The van der Waals surface area contributed by atoms with Crippen LogP contribution in [0.5, 0.6) is 5.75 Å². The maximum atomic E-state index is 12.6. The third-order valence-electron chi connectivity index (χ3n) is 4.48. The molecular formula is C23H21N5O2. The van der Waals surface area contributed by atoms with Gasteiger partial charge in [-0.05, 0) is 48.9 Å². The molecule has 7 nitrogen and oxygen atoms in total. The fourth-order valence-corrected chi connectivity index (χ4v) is 2.85. The number of benzene rings is 3. The number of nitrogen functional groups attached to an aromatic ring is 1. The summed E-state index contributed by atoms with van der Waals surface area (Å²) in [6.07, 6.45) is 0. The molecule has 0 saturated carbocycles. The Hall–Kier alpha value is -4.13. The number of anilines is 3. The molecule has 0 aliphatic carbocycles. The Bertz CT molecular complexity index is 1140. The molecule has 1 aromatic heterocycles. The average molecular weight is 399 g/mol. The van der Waals surface area contributed by atoms with Crippen molar-refractivity contribution in [1.29, 1.82) is 0 Å². The lowest BCUT2D eigenvalue weighted by atomic mass is 10.1. The SMILES string of the molecule is Cc1ccc(C(=O)n2nc(Nc3ccc(OCc4ccccc4)cc3)nc2N)cc1. The van der Waals surface area contributed by atoms with Crippen molar-refractivity contribution in [3.8, 4) is 5.75 Å². The van der Waals surface area contributed by atoms with Crippen molar-refractivity contribution < 1.29 is 9.53 Å². The third kappa shape index (κ3) is 4.47. The molecule has 4 aromatic rings. The monoisotopic (exact) mass is 399 g/mol. The van der Waals surface area contributed by atoms with Gasteiger partial charge in [0.05, 0.1) is 0 Å². The summed E-state index contributed by atoms with van der Waals surface area (Å²) in [5, 5.41) is 7.24. The van der Waals surface area contributed by atoms with Crippen LogP contribution in [-0.2, 0) is 6.61 Å². The molecule has 3 N–H and O–H groups in total. The lowest BCUT2D eigenvalue weighted by Gasteiger charge is -2.07. The molecule has 0 fully saturated rings. The van der Waals surface area contributed by atoms with E-state index in [0.29, 0.717) is 12.2 Å². The Kier molecular flexibility index (Phi) is 5.43. The molecule has 0 aliphatic heterocycles. The van der Waals surface area contributed by atoms with Crippen LogP contribution in [0.3, 0.4) is 0 Å². The average Bonchev–Trinajstić information content (AvgIpc) is 3.14. The van der Waals surface area contributed by atoms with Crippen molar-refractivity contribution in [2.24, 2.45) is 0 Å². The number of rotatable bonds is 6. The predicted octanol–water partition coefficient (Wildman–Crippen LogP) is 4.18. The molecule has 0 aliphatic rings. The van der Waals surface area contributed by atoms with Gasteiger partial charge in [-0.25, -0.2) is 0 Å². The molecule has 0 saturated heterocycles. The number of carbonyl (C=O) groups is 1. The smallest absolute Gasteiger partial charge is 0.281 e. The molecule has 4 rings (SSSR count). The number of carbonyl (C=O) groups excluding carboxylic acids is 1. The minimum atomic E-state index is -0.335. The number of ether oxygens (including phenoxy) is 1. The Labute approximate surface area is 174 Å². The number of hydrogen-bond acceptors (Lipinski definition) is 6. The maximum Gasteiger partial charge on any atom is 0.281 e. The topological polar surface area (TPSA) is 95.1 Å². The van der Waals surface area contributed by atoms with Crippen molar-refractivity contribution in [2.45, 2.75) is 13.5 Å². The highest BCUT2D eigenvalue weighted by Gasteiger charge is 2.16. The van der Waals surface area contributed by atoms with Crippen molar-refractivity contribution in [3.05, 3.63) is 95.6 Å². The fourth-order valence-electron chi connectivity index (χ4n) is 2.85. The molecule has 30 heavy (non-hydrogen) atoms. The summed E-state index contributed by atoms with van der Waals surface area (Å²) in [7, 11) is 0. The van der Waals surface area contributed by atoms with E-state index >= 15 is 0 Å². The van der Waals surface area contributed by atoms with Crippen LogP contribution < -0.4 is 15.8 Å². The highest BCUT2D eigenvalue weighted by Crippen LogP contribution is 2.20. The minimum absolute atomic E-state index is 0.0193. The Balaban J connectivity index is 1.41. The van der Waals surface area contributed by atoms with E-state index in [-0.39, 0.29) is 17.8 Å². The highest BCUT2D eigenvalue weighted by atomic mass is 16.5. The van der Waals surface area contributed by atoms with E-state index in [2.05, 4.69) is 15.4 Å². The number of aromatic nitrogens is 3. The van der Waals surface area contributed by atoms with Gasteiger partial charge in [-0.3, -0.25) is 4.79 Å². The second-order valence-corrected chi connectivity index (χ2v) is 6.80. The lowest BCUT2D eigenvalue weighted by Crippen LogP contribution is -2.16. The van der Waals surface area contributed by atoms with Crippen molar-refractivity contribution >= 4 is 23.5 Å². The number of nitrogens with one attached hydrogen (secondary N) is 1. The number of nitrogens with zero attached hydrogens (tertiary/aromatic N) is 3. The zero-order valence-corrected chi connectivity index (χ0v) is 16.4. The second kappa shape index (κ2) is 8.48. The van der Waals surface area contributed by atoms with Crippen LogP contribution in [0.25, 0.3) is 0 Å². The first-order valence-electron chi connectivity index (χ1n) is 9.46. The van der Waals surface area contributed by atoms with E-state index < -0.39 is 0 Å². The summed E-state index contributed by atoms with van der Waals surface area (Å²) in [4.78, 5) is 16.7. The Morgan fingerprint density at radius 2 is 1.70 bits per heavy atom. The van der Waals surface area contributed by atoms with Gasteiger partial charge in [0, 0.05) is 11.3 Å². The zero-order valence-electron chi connectivity index (χ0n) is 16.4. The highest BCUT2D eigenvalue weighted by molar-refractivity contribution is 5.96. The van der Waals surface area contributed by atoms with Crippen LogP contribution >= 0.6 is 0 Å². The molecule has 150 valence electrons. The predicted molar refractivity (Wildman–Crippen MR) is 116 cm³/mol. The largest absolute Gasteiger partial charge is 0.489 e. The summed E-state index contributed by atoms with van der Waals surface area (Å²) in [6, 6.07) is 24.5. The van der Waals surface area contributed by atoms with Crippen LogP contribution in [0, 0.1) is 6.92 Å². The maximum absolute atomic E-state index is 12.6. The van der Waals surface area contributed by atoms with Gasteiger partial charge in [-0.1, -0.05) is 48.0 Å². The molecule has 0 radical (unpaired) electrons. The van der Waals surface area contributed by atoms with Crippen molar-refractivity contribution in [3.63, 3.8) is 0 Å². The third-order valence-corrected chi connectivity index (χ3v) is 4.48. The van der Waals surface area contributed by atoms with Crippen LogP contribution in [0.2, 0.25) is 0 Å². The van der Waals surface area contributed by atoms with Gasteiger partial charge in [0.1, 0.15) is 12.4 Å². The molecule has 0 bridgehead atoms. The molecule has 0 amide bonds. The summed E-state index contributed by atoms with van der Waals surface area (Å²) in [6.45, 7) is 2.45. The second-order valence-electron chi connectivity index (χ2n) is 6.80. The molecule has 1 heterocycles. The first-order valence-corrected chi connectivity index (χ1v) is 9.46. The van der Waals surface area contributed by atoms with Crippen LogP contribution in [0.4, 0.5) is 17.6 Å². The van der Waals surface area contributed by atoms with Gasteiger partial charge in [0.2, 0.25) is 11.9 Å². The zero-order chi connectivity index (χ0) is 20.9. The van der Waals surface area contributed by atoms with Crippen molar-refractivity contribution in [1.82, 2.24) is 14.8 Å². The Morgan fingerprint density at radius 3 is 2.40 bits per heavy atom. The van der Waals surface area contributed by atoms with Gasteiger partial charge < -0.3 is 15.8 Å². The Morgan fingerprint density at radius 1 is 1.00 bits per heavy atom. The number of hydrogen-bond donors (Lipinski definition) is 2. The van der Waals surface area contributed by atoms with Gasteiger partial charge in [0.15, 0.2) is 0 Å². The number of aryl methyl sites for hydroxylation is 1. The van der Waals surface area contributed by atoms with E-state index in [1.807, 2.05) is 73.7 Å². The summed E-state index contributed by atoms with van der Waals surface area (Å²) in [5.74, 6) is 0.673. The molecule has 7 heteroatoms. The fraction of sp³-hybridized carbons (Fsp3) is 0.0870. The van der Waals surface area contributed by atoms with E-state index in [0.717, 1.165) is 27.2 Å². The molecule has 0 spiro atoms. The van der Waals surface area contributed by atoms with Crippen LogP contribution in [0.1, 0.15) is 21.5 Å². The summed E-state index contributed by atoms with van der Waals surface area (Å²) < 4.78 is 6.87. The molecular weight excluding hydrogens is 378 g/mol. The lowest BCUT2D eigenvalue weighted by molar-refractivity contribution is 0.0948. The molecule has 0 atom stereocenters. The van der Waals surface area contributed by atoms with E-state index in [4.69, 9.17) is 10.5 Å². The summed E-state index contributed by atoms with van der Waals surface area (Å²) in [5.41, 5.74) is 9.30. The van der Waals surface area contributed by atoms with Gasteiger partial charge >= 0.3 is 0 Å². The molecule has 0 unspecified atom stereocenters. The van der Waals surface area contributed by atoms with Crippen LogP contribution in [-0.4, -0.2) is 20.7 Å². The minimum Gasteiger partial charge on any atom is -0.489 e. The van der Waals surface area contributed by atoms with E-state index in [1.165, 1.54) is 0 Å². The van der Waals surface area contributed by atoms with E-state index in [9.17, 15) is 4.79 Å². The first-order chi connectivity index (χ1) is 14.6. The standard InChI is InChI=1S/C23H21N5O2/c1-16-7-9-18(10-8-16)21(29)28-22(24)26-23(27-28)25-19-11-13-20(14-12-19)30-15-17-5-3-2-4-6-17/h2-14H,15H2,1H3,(H3,24,25,26,27). The first kappa shape index (κ1) is 19.2. The van der Waals surface area contributed by atoms with Gasteiger partial charge in [-0.2, -0.15) is 9.67 Å². The molecule has 3 aromatic carbocycles. The van der Waals surface area contributed by atoms with Gasteiger partial charge in [0.25, 0.3) is 5.91 Å². The van der Waals surface area contributed by atoms with Crippen LogP contribution in [0.15, 0.2) is 78.9 Å². The summed E-state index contributed by atoms with van der Waals surface area (Å²) >= 11 is 0. The number of nitrogens with two attached hydrogens (primary N) is 1. The quantitative estimate of drug-likeness (QED) is 0.505. The normalized spacial score (nSPS) is 10.6. The van der Waals surface area contributed by atoms with E-state index in [1.54, 1.807) is 12.1 Å². The van der Waals surface area contributed by atoms with Gasteiger partial charge in [-0.15, -0.1) is 5.10 Å².